The third-order valence-electron chi connectivity index (χ3n) is 4.87. The average Bonchev–Trinajstić information content (AvgIpc) is 3.04. The summed E-state index contributed by atoms with van der Waals surface area (Å²) in [6, 6.07) is 8.54. The van der Waals surface area contributed by atoms with Gasteiger partial charge in [-0.1, -0.05) is 6.07 Å². The summed E-state index contributed by atoms with van der Waals surface area (Å²) in [6.45, 7) is 6.43. The molecule has 1 aliphatic rings. The zero-order valence-corrected chi connectivity index (χ0v) is 16.1. The molecular weight excluding hydrogens is 352 g/mol. The number of rotatable bonds is 4. The highest BCUT2D eigenvalue weighted by Crippen LogP contribution is 2.23. The van der Waals surface area contributed by atoms with Crippen LogP contribution in [0.4, 0.5) is 0 Å². The van der Waals surface area contributed by atoms with Crippen molar-refractivity contribution in [3.8, 4) is 0 Å². The lowest BCUT2D eigenvalue weighted by Crippen LogP contribution is -2.46. The van der Waals surface area contributed by atoms with E-state index in [1.807, 2.05) is 19.9 Å². The molecule has 1 aromatic carbocycles. The van der Waals surface area contributed by atoms with Crippen molar-refractivity contribution < 1.29 is 17.6 Å². The third kappa shape index (κ3) is 3.83. The summed E-state index contributed by atoms with van der Waals surface area (Å²) in [5.74, 6) is 0.714. The number of hydrogen-bond donors (Lipinski definition) is 1. The van der Waals surface area contributed by atoms with Crippen molar-refractivity contribution in [2.45, 2.75) is 44.6 Å². The Morgan fingerprint density at radius 2 is 1.77 bits per heavy atom. The van der Waals surface area contributed by atoms with Crippen LogP contribution >= 0.6 is 0 Å². The summed E-state index contributed by atoms with van der Waals surface area (Å²) in [5, 5.41) is 2.92. The Kier molecular flexibility index (Phi) is 5.20. The van der Waals surface area contributed by atoms with Crippen LogP contribution in [-0.2, 0) is 10.0 Å². The quantitative estimate of drug-likeness (QED) is 0.890. The van der Waals surface area contributed by atoms with Crippen LogP contribution in [0.2, 0.25) is 0 Å². The molecule has 0 bridgehead atoms. The van der Waals surface area contributed by atoms with Crippen LogP contribution in [0.15, 0.2) is 39.6 Å². The van der Waals surface area contributed by atoms with Gasteiger partial charge in [-0.3, -0.25) is 4.79 Å². The number of benzene rings is 1. The SMILES string of the molecule is Cc1ccc(C(=O)NC2CCN(S(=O)(=O)c3ccc(C)c(C)c3)CC2)o1. The molecule has 3 rings (SSSR count). The predicted octanol–water partition coefficient (Wildman–Crippen LogP) is 2.79. The Morgan fingerprint density at radius 1 is 1.08 bits per heavy atom. The molecule has 140 valence electrons. The van der Waals surface area contributed by atoms with Crippen LogP contribution in [0.25, 0.3) is 0 Å². The molecule has 0 saturated carbocycles. The lowest BCUT2D eigenvalue weighted by molar-refractivity contribution is 0.0894. The summed E-state index contributed by atoms with van der Waals surface area (Å²) in [5.41, 5.74) is 2.03. The Balaban J connectivity index is 1.62. The van der Waals surface area contributed by atoms with Gasteiger partial charge in [0, 0.05) is 19.1 Å². The summed E-state index contributed by atoms with van der Waals surface area (Å²) < 4.78 is 32.5. The molecule has 7 heteroatoms. The van der Waals surface area contributed by atoms with Crippen LogP contribution in [0, 0.1) is 20.8 Å². The zero-order chi connectivity index (χ0) is 18.9. The normalized spacial score (nSPS) is 16.6. The first-order valence-corrected chi connectivity index (χ1v) is 10.2. The minimum Gasteiger partial charge on any atom is -0.456 e. The molecule has 1 saturated heterocycles. The van der Waals surface area contributed by atoms with Crippen molar-refractivity contribution in [3.63, 3.8) is 0 Å². The molecular formula is C19H24N2O4S. The molecule has 6 nitrogen and oxygen atoms in total. The van der Waals surface area contributed by atoms with Crippen LogP contribution < -0.4 is 5.32 Å². The first kappa shape index (κ1) is 18.7. The molecule has 0 atom stereocenters. The molecule has 0 unspecified atom stereocenters. The van der Waals surface area contributed by atoms with E-state index in [0.717, 1.165) is 11.1 Å². The minimum absolute atomic E-state index is 0.0564. The molecule has 2 heterocycles. The second-order valence-electron chi connectivity index (χ2n) is 6.81. The lowest BCUT2D eigenvalue weighted by atomic mass is 10.1. The number of carbonyl (C=O) groups is 1. The van der Waals surface area contributed by atoms with E-state index in [4.69, 9.17) is 4.42 Å². The van der Waals surface area contributed by atoms with Gasteiger partial charge in [0.15, 0.2) is 5.76 Å². The summed E-state index contributed by atoms with van der Waals surface area (Å²) in [4.78, 5) is 12.5. The fourth-order valence-corrected chi connectivity index (χ4v) is 4.63. The highest BCUT2D eigenvalue weighted by molar-refractivity contribution is 7.89. The largest absolute Gasteiger partial charge is 0.456 e. The molecule has 26 heavy (non-hydrogen) atoms. The zero-order valence-electron chi connectivity index (χ0n) is 15.3. The van der Waals surface area contributed by atoms with Gasteiger partial charge in [-0.25, -0.2) is 8.42 Å². The molecule has 1 amide bonds. The predicted molar refractivity (Wildman–Crippen MR) is 98.6 cm³/mol. The number of piperidine rings is 1. The van der Waals surface area contributed by atoms with Crippen molar-refractivity contribution in [2.24, 2.45) is 0 Å². The Morgan fingerprint density at radius 3 is 2.35 bits per heavy atom. The van der Waals surface area contributed by atoms with E-state index in [2.05, 4.69) is 5.32 Å². The molecule has 0 radical (unpaired) electrons. The summed E-state index contributed by atoms with van der Waals surface area (Å²) in [7, 11) is -3.50. The van der Waals surface area contributed by atoms with Gasteiger partial charge in [0.05, 0.1) is 4.90 Å². The first-order valence-electron chi connectivity index (χ1n) is 8.72. The van der Waals surface area contributed by atoms with Gasteiger partial charge in [-0.2, -0.15) is 4.31 Å². The van der Waals surface area contributed by atoms with Crippen molar-refractivity contribution in [2.75, 3.05) is 13.1 Å². The smallest absolute Gasteiger partial charge is 0.287 e. The number of sulfonamides is 1. The topological polar surface area (TPSA) is 79.6 Å². The van der Waals surface area contributed by atoms with Gasteiger partial charge in [0.1, 0.15) is 5.76 Å². The fourth-order valence-electron chi connectivity index (χ4n) is 3.08. The molecule has 0 aliphatic carbocycles. The van der Waals surface area contributed by atoms with Gasteiger partial charge in [-0.15, -0.1) is 0 Å². The number of nitrogens with one attached hydrogen (secondary N) is 1. The summed E-state index contributed by atoms with van der Waals surface area (Å²) in [6.07, 6.45) is 1.16. The van der Waals surface area contributed by atoms with Gasteiger partial charge in [-0.05, 0) is 69.0 Å². The number of amides is 1. The van der Waals surface area contributed by atoms with Crippen molar-refractivity contribution in [1.29, 1.82) is 0 Å². The second kappa shape index (κ2) is 7.25. The summed E-state index contributed by atoms with van der Waals surface area (Å²) >= 11 is 0. The van der Waals surface area contributed by atoms with Gasteiger partial charge in [0.25, 0.3) is 5.91 Å². The maximum atomic E-state index is 12.8. The minimum atomic E-state index is -3.50. The third-order valence-corrected chi connectivity index (χ3v) is 6.76. The van der Waals surface area contributed by atoms with E-state index in [1.54, 1.807) is 31.2 Å². The van der Waals surface area contributed by atoms with E-state index in [0.29, 0.717) is 36.6 Å². The number of aryl methyl sites for hydroxylation is 3. The number of nitrogens with zero attached hydrogens (tertiary/aromatic N) is 1. The lowest BCUT2D eigenvalue weighted by Gasteiger charge is -2.31. The fraction of sp³-hybridized carbons (Fsp3) is 0.421. The number of carbonyl (C=O) groups excluding carboxylic acids is 1. The highest BCUT2D eigenvalue weighted by Gasteiger charge is 2.30. The molecule has 1 aliphatic heterocycles. The van der Waals surface area contributed by atoms with Gasteiger partial charge >= 0.3 is 0 Å². The Hall–Kier alpha value is -2.12. The van der Waals surface area contributed by atoms with Crippen molar-refractivity contribution in [3.05, 3.63) is 53.0 Å². The monoisotopic (exact) mass is 376 g/mol. The second-order valence-corrected chi connectivity index (χ2v) is 8.75. The van der Waals surface area contributed by atoms with Crippen LogP contribution in [-0.4, -0.2) is 37.8 Å². The molecule has 2 aromatic rings. The van der Waals surface area contributed by atoms with Crippen LogP contribution in [0.5, 0.6) is 0 Å². The Bertz CT molecular complexity index is 909. The van der Waals surface area contributed by atoms with E-state index in [-0.39, 0.29) is 17.7 Å². The standard InChI is InChI=1S/C19H24N2O4S/c1-13-4-6-17(12-14(13)2)26(23,24)21-10-8-16(9-11-21)20-19(22)18-7-5-15(3)25-18/h4-7,12,16H,8-11H2,1-3H3,(H,20,22). The Labute approximate surface area is 154 Å². The van der Waals surface area contributed by atoms with E-state index in [9.17, 15) is 13.2 Å². The van der Waals surface area contributed by atoms with Crippen LogP contribution in [0.1, 0.15) is 40.3 Å². The number of hydrogen-bond acceptors (Lipinski definition) is 4. The molecule has 0 spiro atoms. The van der Waals surface area contributed by atoms with Crippen LogP contribution in [0.3, 0.4) is 0 Å². The molecule has 1 N–H and O–H groups in total. The van der Waals surface area contributed by atoms with Crippen molar-refractivity contribution in [1.82, 2.24) is 9.62 Å². The van der Waals surface area contributed by atoms with E-state index >= 15 is 0 Å². The van der Waals surface area contributed by atoms with E-state index < -0.39 is 10.0 Å². The van der Waals surface area contributed by atoms with Crippen molar-refractivity contribution >= 4 is 15.9 Å². The molecule has 1 aromatic heterocycles. The molecule has 1 fully saturated rings. The van der Waals surface area contributed by atoms with Gasteiger partial charge in [0.2, 0.25) is 10.0 Å². The first-order chi connectivity index (χ1) is 12.3. The highest BCUT2D eigenvalue weighted by atomic mass is 32.2. The van der Waals surface area contributed by atoms with E-state index in [1.165, 1.54) is 4.31 Å². The average molecular weight is 376 g/mol. The number of furan rings is 1. The maximum absolute atomic E-state index is 12.8. The van der Waals surface area contributed by atoms with Gasteiger partial charge < -0.3 is 9.73 Å². The maximum Gasteiger partial charge on any atom is 0.287 e.